The van der Waals surface area contributed by atoms with Crippen molar-refractivity contribution in [3.05, 3.63) is 9.48 Å². The summed E-state index contributed by atoms with van der Waals surface area (Å²) in [5.41, 5.74) is 7.71. The van der Waals surface area contributed by atoms with Crippen molar-refractivity contribution in [3.8, 4) is 0 Å². The highest BCUT2D eigenvalue weighted by atomic mass is 79.9. The molecule has 0 bridgehead atoms. The fourth-order valence-corrected chi connectivity index (χ4v) is 1.99. The van der Waals surface area contributed by atoms with E-state index >= 15 is 0 Å². The van der Waals surface area contributed by atoms with Crippen LogP contribution in [0.4, 0.5) is 5.69 Å². The average molecular weight is 219 g/mol. The maximum absolute atomic E-state index is 5.74. The lowest BCUT2D eigenvalue weighted by molar-refractivity contribution is 1.08. The Bertz CT molecular complexity index is 254. The summed E-state index contributed by atoms with van der Waals surface area (Å²) in [6.07, 6.45) is 2.53. The van der Waals surface area contributed by atoms with E-state index in [0.29, 0.717) is 5.92 Å². The Morgan fingerprint density at radius 1 is 1.60 bits per heavy atom. The van der Waals surface area contributed by atoms with Crippen LogP contribution < -0.4 is 5.73 Å². The molecule has 1 fully saturated rings. The predicted molar refractivity (Wildman–Crippen MR) is 46.2 cm³/mol. The molecule has 1 aliphatic carbocycles. The fraction of sp³-hybridized carbons (Fsp3) is 0.500. The minimum Gasteiger partial charge on any atom is -0.396 e. The number of nitrogens with two attached hydrogens (primary N) is 1. The molecule has 1 aliphatic rings. The Hall–Kier alpha value is -0.0900. The second-order valence-corrected chi connectivity index (χ2v) is 4.62. The molecule has 2 rings (SSSR count). The fourth-order valence-electron chi connectivity index (χ4n) is 0.940. The van der Waals surface area contributed by atoms with Crippen molar-refractivity contribution in [1.29, 1.82) is 0 Å². The van der Waals surface area contributed by atoms with Crippen LogP contribution in [0.3, 0.4) is 0 Å². The Labute approximate surface area is 71.7 Å². The first-order chi connectivity index (χ1) is 4.79. The Balaban J connectivity index is 2.40. The molecule has 1 saturated carbocycles. The van der Waals surface area contributed by atoms with E-state index in [1.807, 2.05) is 0 Å². The number of nitrogen functional groups attached to an aromatic ring is 1. The van der Waals surface area contributed by atoms with Crippen LogP contribution in [0.15, 0.2) is 3.79 Å². The van der Waals surface area contributed by atoms with Gasteiger partial charge in [0.1, 0.15) is 3.79 Å². The Morgan fingerprint density at radius 2 is 2.30 bits per heavy atom. The first-order valence-electron chi connectivity index (χ1n) is 3.19. The summed E-state index contributed by atoms with van der Waals surface area (Å²) < 4.78 is 5.23. The SMILES string of the molecule is Nc1c(C2CC2)nsc1Br. The number of rotatable bonds is 1. The molecule has 1 aromatic rings. The summed E-state index contributed by atoms with van der Waals surface area (Å²) in [5.74, 6) is 0.669. The highest BCUT2D eigenvalue weighted by Crippen LogP contribution is 2.44. The van der Waals surface area contributed by atoms with Crippen LogP contribution in [0.2, 0.25) is 0 Å². The molecule has 10 heavy (non-hydrogen) atoms. The summed E-state index contributed by atoms with van der Waals surface area (Å²) in [6.45, 7) is 0. The van der Waals surface area contributed by atoms with E-state index in [9.17, 15) is 0 Å². The third kappa shape index (κ3) is 0.953. The van der Waals surface area contributed by atoms with Gasteiger partial charge in [-0.15, -0.1) is 0 Å². The second kappa shape index (κ2) is 2.20. The molecule has 0 spiro atoms. The average Bonchev–Trinajstić information content (AvgIpc) is 2.67. The van der Waals surface area contributed by atoms with E-state index < -0.39 is 0 Å². The number of halogens is 1. The van der Waals surface area contributed by atoms with Gasteiger partial charge in [-0.2, -0.15) is 4.37 Å². The van der Waals surface area contributed by atoms with Crippen LogP contribution in [0.5, 0.6) is 0 Å². The molecule has 1 heterocycles. The van der Waals surface area contributed by atoms with Crippen molar-refractivity contribution >= 4 is 33.1 Å². The molecule has 0 atom stereocenters. The van der Waals surface area contributed by atoms with E-state index in [4.69, 9.17) is 5.73 Å². The third-order valence-corrected chi connectivity index (χ3v) is 3.21. The molecular formula is C6H7BrN2S. The van der Waals surface area contributed by atoms with E-state index in [1.165, 1.54) is 24.4 Å². The van der Waals surface area contributed by atoms with Crippen LogP contribution in [0, 0.1) is 0 Å². The van der Waals surface area contributed by atoms with Gasteiger partial charge in [-0.05, 0) is 40.3 Å². The summed E-state index contributed by atoms with van der Waals surface area (Å²) >= 11 is 4.78. The molecule has 0 radical (unpaired) electrons. The third-order valence-electron chi connectivity index (χ3n) is 1.68. The van der Waals surface area contributed by atoms with Gasteiger partial charge in [-0.3, -0.25) is 0 Å². The van der Waals surface area contributed by atoms with Crippen molar-refractivity contribution in [2.45, 2.75) is 18.8 Å². The highest BCUT2D eigenvalue weighted by molar-refractivity contribution is 9.11. The first-order valence-corrected chi connectivity index (χ1v) is 4.76. The number of aromatic nitrogens is 1. The normalized spacial score (nSPS) is 17.7. The maximum atomic E-state index is 5.74. The highest BCUT2D eigenvalue weighted by Gasteiger charge is 2.28. The standard InChI is InChI=1S/C6H7BrN2S/c7-6-4(8)5(9-10-6)3-1-2-3/h3H,1-2,8H2. The van der Waals surface area contributed by atoms with Crippen molar-refractivity contribution in [1.82, 2.24) is 4.37 Å². The van der Waals surface area contributed by atoms with Crippen LogP contribution in [-0.4, -0.2) is 4.37 Å². The van der Waals surface area contributed by atoms with Gasteiger partial charge >= 0.3 is 0 Å². The zero-order valence-electron chi connectivity index (χ0n) is 5.30. The molecular weight excluding hydrogens is 212 g/mol. The molecule has 0 aromatic carbocycles. The van der Waals surface area contributed by atoms with Gasteiger partial charge in [0.25, 0.3) is 0 Å². The minimum absolute atomic E-state index is 0.669. The molecule has 0 aliphatic heterocycles. The topological polar surface area (TPSA) is 38.9 Å². The van der Waals surface area contributed by atoms with E-state index in [1.54, 1.807) is 0 Å². The zero-order valence-corrected chi connectivity index (χ0v) is 7.70. The Kier molecular flexibility index (Phi) is 1.46. The van der Waals surface area contributed by atoms with Gasteiger partial charge < -0.3 is 5.73 Å². The number of hydrogen-bond acceptors (Lipinski definition) is 3. The van der Waals surface area contributed by atoms with Crippen molar-refractivity contribution < 1.29 is 0 Å². The summed E-state index contributed by atoms with van der Waals surface area (Å²) in [7, 11) is 0. The lowest BCUT2D eigenvalue weighted by Gasteiger charge is -1.90. The van der Waals surface area contributed by atoms with Crippen molar-refractivity contribution in [2.75, 3.05) is 5.73 Å². The number of nitrogens with zero attached hydrogens (tertiary/aromatic N) is 1. The van der Waals surface area contributed by atoms with Crippen LogP contribution in [-0.2, 0) is 0 Å². The molecule has 0 saturated heterocycles. The van der Waals surface area contributed by atoms with Gasteiger partial charge in [0.05, 0.1) is 11.4 Å². The summed E-state index contributed by atoms with van der Waals surface area (Å²) in [6, 6.07) is 0. The zero-order chi connectivity index (χ0) is 7.14. The lowest BCUT2D eigenvalue weighted by atomic mass is 10.3. The second-order valence-electron chi connectivity index (χ2n) is 2.53. The summed E-state index contributed by atoms with van der Waals surface area (Å²) in [4.78, 5) is 0. The van der Waals surface area contributed by atoms with Crippen molar-refractivity contribution in [3.63, 3.8) is 0 Å². The Morgan fingerprint density at radius 3 is 2.70 bits per heavy atom. The van der Waals surface area contributed by atoms with Crippen molar-refractivity contribution in [2.24, 2.45) is 0 Å². The predicted octanol–water partition coefficient (Wildman–Crippen LogP) is 2.37. The molecule has 0 amide bonds. The minimum atomic E-state index is 0.669. The van der Waals surface area contributed by atoms with Gasteiger partial charge in [0.15, 0.2) is 0 Å². The molecule has 0 unspecified atom stereocenters. The smallest absolute Gasteiger partial charge is 0.114 e. The van der Waals surface area contributed by atoms with E-state index in [-0.39, 0.29) is 0 Å². The van der Waals surface area contributed by atoms with Gasteiger partial charge in [0, 0.05) is 5.92 Å². The van der Waals surface area contributed by atoms with Crippen LogP contribution >= 0.6 is 27.5 Å². The monoisotopic (exact) mass is 218 g/mol. The molecule has 2 nitrogen and oxygen atoms in total. The first kappa shape index (κ1) is 6.61. The summed E-state index contributed by atoms with van der Waals surface area (Å²) in [5, 5.41) is 0. The number of hydrogen-bond donors (Lipinski definition) is 1. The molecule has 4 heteroatoms. The van der Waals surface area contributed by atoms with E-state index in [0.717, 1.165) is 15.2 Å². The van der Waals surface area contributed by atoms with Crippen LogP contribution in [0.25, 0.3) is 0 Å². The lowest BCUT2D eigenvalue weighted by Crippen LogP contribution is -1.88. The molecule has 1 aromatic heterocycles. The van der Waals surface area contributed by atoms with Crippen LogP contribution in [0.1, 0.15) is 24.5 Å². The quantitative estimate of drug-likeness (QED) is 0.787. The van der Waals surface area contributed by atoms with Gasteiger partial charge in [-0.1, -0.05) is 0 Å². The molecule has 2 N–H and O–H groups in total. The van der Waals surface area contributed by atoms with E-state index in [2.05, 4.69) is 20.3 Å². The van der Waals surface area contributed by atoms with Gasteiger partial charge in [0.2, 0.25) is 0 Å². The molecule has 54 valence electrons. The number of anilines is 1. The van der Waals surface area contributed by atoms with Gasteiger partial charge in [-0.25, -0.2) is 0 Å². The largest absolute Gasteiger partial charge is 0.396 e. The maximum Gasteiger partial charge on any atom is 0.114 e.